The molecule has 2 nitrogen and oxygen atoms in total. The summed E-state index contributed by atoms with van der Waals surface area (Å²) in [6.45, 7) is 0. The highest BCUT2D eigenvalue weighted by Crippen LogP contribution is 2.49. The van der Waals surface area contributed by atoms with Crippen LogP contribution in [0.4, 0.5) is 0 Å². The van der Waals surface area contributed by atoms with Gasteiger partial charge in [-0.2, -0.15) is 0 Å². The molecule has 0 spiro atoms. The maximum Gasteiger partial charge on any atom is 0.143 e. The van der Waals surface area contributed by atoms with Crippen LogP contribution in [0.3, 0.4) is 0 Å². The molecule has 0 aliphatic carbocycles. The monoisotopic (exact) mass is 862 g/mol. The van der Waals surface area contributed by atoms with Gasteiger partial charge in [-0.3, -0.25) is 0 Å². The smallest absolute Gasteiger partial charge is 0.143 e. The van der Waals surface area contributed by atoms with Crippen molar-refractivity contribution >= 4 is 109 Å². The summed E-state index contributed by atoms with van der Waals surface area (Å²) in [5.74, 6) is 0. The molecule has 0 bridgehead atoms. The molecule has 13 aromatic carbocycles. The van der Waals surface area contributed by atoms with Gasteiger partial charge in [-0.1, -0.05) is 182 Å². The Kier molecular flexibility index (Phi) is 7.81. The third kappa shape index (κ3) is 5.46. The first-order valence-electron chi connectivity index (χ1n) is 23.4. The van der Waals surface area contributed by atoms with Crippen molar-refractivity contribution in [3.8, 4) is 44.5 Å². The molecular formula is C66H38O2. The predicted molar refractivity (Wildman–Crippen MR) is 288 cm³/mol. The Bertz CT molecular complexity index is 4300. The van der Waals surface area contributed by atoms with E-state index in [1.807, 2.05) is 0 Å². The van der Waals surface area contributed by atoms with E-state index in [0.717, 1.165) is 66.1 Å². The van der Waals surface area contributed by atoms with Crippen LogP contribution in [0.15, 0.2) is 239 Å². The number of rotatable bonds is 4. The van der Waals surface area contributed by atoms with E-state index < -0.39 is 0 Å². The second-order valence-electron chi connectivity index (χ2n) is 18.3. The van der Waals surface area contributed by atoms with E-state index in [0.29, 0.717) is 0 Å². The van der Waals surface area contributed by atoms with E-state index in [4.69, 9.17) is 8.83 Å². The Balaban J connectivity index is 1.03. The second-order valence-corrected chi connectivity index (χ2v) is 18.3. The lowest BCUT2D eigenvalue weighted by Gasteiger charge is -2.20. The zero-order valence-electron chi connectivity index (χ0n) is 36.8. The molecule has 0 unspecified atom stereocenters. The van der Waals surface area contributed by atoms with Crippen molar-refractivity contribution in [2.75, 3.05) is 0 Å². The average molecular weight is 863 g/mol. The summed E-state index contributed by atoms with van der Waals surface area (Å²) in [5.41, 5.74) is 12.7. The molecule has 68 heavy (non-hydrogen) atoms. The largest absolute Gasteiger partial charge is 0.455 e. The highest BCUT2D eigenvalue weighted by atomic mass is 16.3. The van der Waals surface area contributed by atoms with Gasteiger partial charge in [-0.15, -0.1) is 0 Å². The van der Waals surface area contributed by atoms with Crippen LogP contribution in [-0.4, -0.2) is 0 Å². The summed E-state index contributed by atoms with van der Waals surface area (Å²) in [4.78, 5) is 0. The minimum atomic E-state index is 0.898. The van der Waals surface area contributed by atoms with E-state index in [1.54, 1.807) is 0 Å². The quantitative estimate of drug-likeness (QED) is 0.165. The molecule has 0 amide bonds. The molecule has 0 aliphatic rings. The summed E-state index contributed by atoms with van der Waals surface area (Å²) >= 11 is 0. The fourth-order valence-electron chi connectivity index (χ4n) is 11.4. The molecule has 0 atom stereocenters. The number of benzene rings is 13. The van der Waals surface area contributed by atoms with E-state index in [1.165, 1.54) is 86.9 Å². The highest BCUT2D eigenvalue weighted by molar-refractivity contribution is 6.28. The minimum Gasteiger partial charge on any atom is -0.455 e. The van der Waals surface area contributed by atoms with Gasteiger partial charge in [0, 0.05) is 32.7 Å². The van der Waals surface area contributed by atoms with Crippen LogP contribution in [-0.2, 0) is 0 Å². The van der Waals surface area contributed by atoms with Gasteiger partial charge >= 0.3 is 0 Å². The van der Waals surface area contributed by atoms with Gasteiger partial charge in [-0.25, -0.2) is 0 Å². The van der Waals surface area contributed by atoms with E-state index in [-0.39, 0.29) is 0 Å². The zero-order valence-corrected chi connectivity index (χ0v) is 36.8. The van der Waals surface area contributed by atoms with Crippen molar-refractivity contribution in [2.45, 2.75) is 0 Å². The number of hydrogen-bond acceptors (Lipinski definition) is 2. The first kappa shape index (κ1) is 37.3. The molecular weight excluding hydrogens is 825 g/mol. The normalized spacial score (nSPS) is 12.1. The van der Waals surface area contributed by atoms with Crippen LogP contribution in [0, 0.1) is 0 Å². The molecule has 0 saturated heterocycles. The SMILES string of the molecule is c1ccc(-c2c3ccc(-c4cc5ccccc5c5c4oc4cc6ccccc6cc45)cc3c(-c3ccccc3)c3ccc(-c4cc5ccccc5c5c4oc4cc6ccccc6cc45)cc23)cc1. The fraction of sp³-hybridized carbons (Fsp3) is 0. The van der Waals surface area contributed by atoms with Crippen molar-refractivity contribution in [2.24, 2.45) is 0 Å². The van der Waals surface area contributed by atoms with Crippen LogP contribution >= 0.6 is 0 Å². The first-order chi connectivity index (χ1) is 33.7. The molecule has 2 heteroatoms. The molecule has 2 heterocycles. The predicted octanol–water partition coefficient (Wildman–Crippen LogP) is 19.1. The maximum absolute atomic E-state index is 6.99. The number of fused-ring (bicyclic) bond motifs is 14. The lowest BCUT2D eigenvalue weighted by molar-refractivity contribution is 0.670. The molecule has 0 aliphatic heterocycles. The van der Waals surface area contributed by atoms with Crippen LogP contribution in [0.2, 0.25) is 0 Å². The van der Waals surface area contributed by atoms with Crippen molar-refractivity contribution in [1.29, 1.82) is 0 Å². The van der Waals surface area contributed by atoms with Gasteiger partial charge in [0.15, 0.2) is 0 Å². The maximum atomic E-state index is 6.99. The Hall–Kier alpha value is -8.98. The summed E-state index contributed by atoms with van der Waals surface area (Å²) in [6, 6.07) is 84.1. The molecule has 15 aromatic rings. The molecule has 0 radical (unpaired) electrons. The Morgan fingerprint density at radius 2 is 0.588 bits per heavy atom. The van der Waals surface area contributed by atoms with Crippen LogP contribution < -0.4 is 0 Å². The van der Waals surface area contributed by atoms with Gasteiger partial charge in [0.1, 0.15) is 22.3 Å². The van der Waals surface area contributed by atoms with E-state index in [9.17, 15) is 0 Å². The Morgan fingerprint density at radius 3 is 1.01 bits per heavy atom. The highest BCUT2D eigenvalue weighted by Gasteiger charge is 2.23. The van der Waals surface area contributed by atoms with Gasteiger partial charge in [0.25, 0.3) is 0 Å². The van der Waals surface area contributed by atoms with Crippen LogP contribution in [0.5, 0.6) is 0 Å². The Morgan fingerprint density at radius 1 is 0.221 bits per heavy atom. The van der Waals surface area contributed by atoms with Gasteiger partial charge in [0.2, 0.25) is 0 Å². The third-order valence-electron chi connectivity index (χ3n) is 14.5. The third-order valence-corrected chi connectivity index (χ3v) is 14.5. The first-order valence-corrected chi connectivity index (χ1v) is 23.4. The van der Waals surface area contributed by atoms with Crippen LogP contribution in [0.1, 0.15) is 0 Å². The topological polar surface area (TPSA) is 26.3 Å². The summed E-state index contributed by atoms with van der Waals surface area (Å²) < 4.78 is 14.0. The molecule has 0 N–H and O–H groups in total. The van der Waals surface area contributed by atoms with Gasteiger partial charge < -0.3 is 8.83 Å². The van der Waals surface area contributed by atoms with Gasteiger partial charge in [-0.05, 0) is 147 Å². The summed E-state index contributed by atoms with van der Waals surface area (Å²) in [6.07, 6.45) is 0. The van der Waals surface area contributed by atoms with Gasteiger partial charge in [0.05, 0.1) is 0 Å². The molecule has 0 saturated carbocycles. The summed E-state index contributed by atoms with van der Waals surface area (Å²) in [7, 11) is 0. The lowest BCUT2D eigenvalue weighted by Crippen LogP contribution is -1.93. The minimum absolute atomic E-state index is 0.898. The fourth-order valence-corrected chi connectivity index (χ4v) is 11.4. The van der Waals surface area contributed by atoms with Crippen LogP contribution in [0.25, 0.3) is 153 Å². The molecule has 2 aromatic heterocycles. The number of hydrogen-bond donors (Lipinski definition) is 0. The van der Waals surface area contributed by atoms with Crippen molar-refractivity contribution < 1.29 is 8.83 Å². The summed E-state index contributed by atoms with van der Waals surface area (Å²) in [5, 5.41) is 18.8. The molecule has 0 fully saturated rings. The van der Waals surface area contributed by atoms with E-state index >= 15 is 0 Å². The Labute approximate surface area is 390 Å². The lowest BCUT2D eigenvalue weighted by atomic mass is 9.83. The molecule has 314 valence electrons. The van der Waals surface area contributed by atoms with E-state index in [2.05, 4.69) is 231 Å². The second kappa shape index (κ2) is 14.3. The average Bonchev–Trinajstić information content (AvgIpc) is 3.97. The standard InChI is InChI=1S/C66H38O2/c1-3-15-39(16-4-1)61-51-29-27-48(54-34-46-24-12-14-26-50(46)64-58-32-42-20-8-10-22-44(42)38-60(58)68-66(54)64)36-56(51)62(40-17-5-2-6-18-40)52-30-28-47(35-55(52)61)53-33-45-23-11-13-25-49(45)63-57-31-41-19-7-9-21-43(41)37-59(57)67-65(53)63/h1-38H. The zero-order chi connectivity index (χ0) is 44.5. The number of furan rings is 2. The van der Waals surface area contributed by atoms with Crippen molar-refractivity contribution in [1.82, 2.24) is 0 Å². The van der Waals surface area contributed by atoms with Crippen molar-refractivity contribution in [3.05, 3.63) is 231 Å². The van der Waals surface area contributed by atoms with Crippen molar-refractivity contribution in [3.63, 3.8) is 0 Å². The molecule has 15 rings (SSSR count).